The van der Waals surface area contributed by atoms with Crippen LogP contribution in [0.2, 0.25) is 5.28 Å². The first-order valence-electron chi connectivity index (χ1n) is 10.2. The van der Waals surface area contributed by atoms with Crippen LogP contribution in [0.15, 0.2) is 24.3 Å². The monoisotopic (exact) mass is 411 g/mol. The molecule has 5 rings (SSSR count). The fourth-order valence-corrected chi connectivity index (χ4v) is 6.33. The number of aryl methyl sites for hydroxylation is 2. The standard InChI is InChI=1S/C23H26ClN3S/c1-23(2,3)15-10-11-16-18(13-15)28-21-19(16)20(25-22(24)26-21)27-12-6-8-14-7-4-5-9-17(14)27/h4-5,7,9,15H,6,8,10-13H2,1-3H3. The SMILES string of the molecule is CC(C)(C)C1CCc2c(sc3nc(Cl)nc(N4CCCc5ccccc54)c23)C1. The molecule has 2 aromatic heterocycles. The molecule has 1 aromatic carbocycles. The van der Waals surface area contributed by atoms with Crippen LogP contribution in [0.4, 0.5) is 11.5 Å². The summed E-state index contributed by atoms with van der Waals surface area (Å²) in [7, 11) is 0. The van der Waals surface area contributed by atoms with E-state index in [4.69, 9.17) is 16.6 Å². The van der Waals surface area contributed by atoms with E-state index in [-0.39, 0.29) is 0 Å². The maximum Gasteiger partial charge on any atom is 0.225 e. The molecule has 0 saturated carbocycles. The quantitative estimate of drug-likeness (QED) is 0.423. The highest BCUT2D eigenvalue weighted by molar-refractivity contribution is 7.19. The second-order valence-electron chi connectivity index (χ2n) is 9.19. The maximum absolute atomic E-state index is 6.39. The van der Waals surface area contributed by atoms with Crippen molar-refractivity contribution < 1.29 is 0 Å². The second-order valence-corrected chi connectivity index (χ2v) is 10.6. The zero-order chi connectivity index (χ0) is 19.5. The van der Waals surface area contributed by atoms with Gasteiger partial charge in [0.05, 0.1) is 5.39 Å². The van der Waals surface area contributed by atoms with Gasteiger partial charge in [-0.1, -0.05) is 39.0 Å². The molecule has 5 heteroatoms. The minimum absolute atomic E-state index is 0.339. The van der Waals surface area contributed by atoms with Crippen molar-refractivity contribution in [3.8, 4) is 0 Å². The molecule has 1 atom stereocenters. The van der Waals surface area contributed by atoms with Gasteiger partial charge in [0.15, 0.2) is 0 Å². The van der Waals surface area contributed by atoms with Crippen molar-refractivity contribution in [1.82, 2.24) is 9.97 Å². The van der Waals surface area contributed by atoms with E-state index in [0.29, 0.717) is 10.7 Å². The van der Waals surface area contributed by atoms with E-state index in [1.807, 2.05) is 11.3 Å². The molecule has 146 valence electrons. The average Bonchev–Trinajstić information content (AvgIpc) is 3.03. The first-order valence-corrected chi connectivity index (χ1v) is 11.4. The van der Waals surface area contributed by atoms with E-state index >= 15 is 0 Å². The number of para-hydroxylation sites is 1. The molecule has 3 nitrogen and oxygen atoms in total. The Morgan fingerprint density at radius 1 is 1.14 bits per heavy atom. The highest BCUT2D eigenvalue weighted by Gasteiger charge is 2.33. The molecule has 3 heterocycles. The molecular formula is C23H26ClN3S. The molecule has 0 amide bonds. The topological polar surface area (TPSA) is 29.0 Å². The van der Waals surface area contributed by atoms with Crippen LogP contribution in [-0.4, -0.2) is 16.5 Å². The van der Waals surface area contributed by atoms with Gasteiger partial charge in [-0.15, -0.1) is 11.3 Å². The molecule has 3 aromatic rings. The molecule has 0 saturated heterocycles. The van der Waals surface area contributed by atoms with Crippen molar-refractivity contribution in [3.05, 3.63) is 45.6 Å². The van der Waals surface area contributed by atoms with Crippen LogP contribution >= 0.6 is 22.9 Å². The van der Waals surface area contributed by atoms with Crippen molar-refractivity contribution >= 4 is 44.7 Å². The fraction of sp³-hybridized carbons (Fsp3) is 0.478. The average molecular weight is 412 g/mol. The van der Waals surface area contributed by atoms with Crippen LogP contribution in [0.1, 0.15) is 49.6 Å². The van der Waals surface area contributed by atoms with Gasteiger partial charge in [-0.3, -0.25) is 0 Å². The van der Waals surface area contributed by atoms with Gasteiger partial charge < -0.3 is 4.90 Å². The van der Waals surface area contributed by atoms with Gasteiger partial charge in [-0.2, -0.15) is 4.98 Å². The van der Waals surface area contributed by atoms with Crippen molar-refractivity contribution in [1.29, 1.82) is 0 Å². The van der Waals surface area contributed by atoms with Gasteiger partial charge >= 0.3 is 0 Å². The van der Waals surface area contributed by atoms with Gasteiger partial charge in [0, 0.05) is 17.1 Å². The van der Waals surface area contributed by atoms with Crippen molar-refractivity contribution in [2.24, 2.45) is 11.3 Å². The lowest BCUT2D eigenvalue weighted by atomic mass is 9.72. The van der Waals surface area contributed by atoms with Crippen LogP contribution in [0, 0.1) is 11.3 Å². The summed E-state index contributed by atoms with van der Waals surface area (Å²) < 4.78 is 0. The van der Waals surface area contributed by atoms with Gasteiger partial charge in [0.25, 0.3) is 0 Å². The number of halogens is 1. The second kappa shape index (κ2) is 6.70. The first kappa shape index (κ1) is 18.4. The Hall–Kier alpha value is -1.65. The Morgan fingerprint density at radius 2 is 1.96 bits per heavy atom. The minimum atomic E-state index is 0.339. The van der Waals surface area contributed by atoms with Crippen LogP contribution in [0.5, 0.6) is 0 Å². The Labute approximate surface area is 175 Å². The fourth-order valence-electron chi connectivity index (χ4n) is 4.82. The number of rotatable bonds is 1. The molecule has 0 spiro atoms. The van der Waals surface area contributed by atoms with Crippen LogP contribution in [0.3, 0.4) is 0 Å². The number of anilines is 2. The van der Waals surface area contributed by atoms with Crippen molar-refractivity contribution in [3.63, 3.8) is 0 Å². The smallest absolute Gasteiger partial charge is 0.225 e. The molecule has 0 fully saturated rings. The third-order valence-electron chi connectivity index (χ3n) is 6.45. The van der Waals surface area contributed by atoms with Gasteiger partial charge in [0.1, 0.15) is 10.6 Å². The van der Waals surface area contributed by atoms with Gasteiger partial charge in [-0.05, 0) is 72.2 Å². The third-order valence-corrected chi connectivity index (χ3v) is 7.77. The summed E-state index contributed by atoms with van der Waals surface area (Å²) >= 11 is 8.22. The third kappa shape index (κ3) is 3.02. The van der Waals surface area contributed by atoms with E-state index in [0.717, 1.165) is 48.8 Å². The van der Waals surface area contributed by atoms with E-state index < -0.39 is 0 Å². The summed E-state index contributed by atoms with van der Waals surface area (Å²) in [5.41, 5.74) is 4.48. The molecule has 1 aliphatic heterocycles. The number of hydrogen-bond donors (Lipinski definition) is 0. The van der Waals surface area contributed by atoms with Crippen molar-refractivity contribution in [2.75, 3.05) is 11.4 Å². The Balaban J connectivity index is 1.67. The van der Waals surface area contributed by atoms with E-state index in [1.165, 1.54) is 33.5 Å². The molecule has 0 N–H and O–H groups in total. The number of nitrogens with zero attached hydrogens (tertiary/aromatic N) is 3. The first-order chi connectivity index (χ1) is 13.4. The number of aromatic nitrogens is 2. The van der Waals surface area contributed by atoms with Crippen LogP contribution < -0.4 is 4.90 Å². The van der Waals surface area contributed by atoms with E-state index in [1.54, 1.807) is 0 Å². The van der Waals surface area contributed by atoms with E-state index in [2.05, 4.69) is 54.9 Å². The Bertz CT molecular complexity index is 1050. The van der Waals surface area contributed by atoms with Gasteiger partial charge in [0.2, 0.25) is 5.28 Å². The summed E-state index contributed by atoms with van der Waals surface area (Å²) in [6.45, 7) is 8.07. The highest BCUT2D eigenvalue weighted by atomic mass is 35.5. The molecule has 28 heavy (non-hydrogen) atoms. The summed E-state index contributed by atoms with van der Waals surface area (Å²) in [5, 5.41) is 1.60. The Kier molecular flexibility index (Phi) is 4.40. The van der Waals surface area contributed by atoms with Crippen LogP contribution in [0.25, 0.3) is 10.2 Å². The van der Waals surface area contributed by atoms with Crippen LogP contribution in [-0.2, 0) is 19.3 Å². The largest absolute Gasteiger partial charge is 0.325 e. The zero-order valence-corrected chi connectivity index (χ0v) is 18.3. The summed E-state index contributed by atoms with van der Waals surface area (Å²) in [4.78, 5) is 14.3. The summed E-state index contributed by atoms with van der Waals surface area (Å²) in [6.07, 6.45) is 5.77. The zero-order valence-electron chi connectivity index (χ0n) is 16.8. The summed E-state index contributed by atoms with van der Waals surface area (Å²) in [5.74, 6) is 1.73. The predicted octanol–water partition coefficient (Wildman–Crippen LogP) is 6.58. The lowest BCUT2D eigenvalue weighted by Crippen LogP contribution is -2.27. The molecule has 2 aliphatic rings. The molecular weight excluding hydrogens is 386 g/mol. The Morgan fingerprint density at radius 3 is 2.79 bits per heavy atom. The molecule has 1 unspecified atom stereocenters. The highest BCUT2D eigenvalue weighted by Crippen LogP contribution is 2.46. The number of hydrogen-bond acceptors (Lipinski definition) is 4. The van der Waals surface area contributed by atoms with Crippen molar-refractivity contribution in [2.45, 2.75) is 52.9 Å². The number of fused-ring (bicyclic) bond motifs is 4. The minimum Gasteiger partial charge on any atom is -0.325 e. The molecule has 0 bridgehead atoms. The number of benzene rings is 1. The lowest BCUT2D eigenvalue weighted by molar-refractivity contribution is 0.218. The lowest BCUT2D eigenvalue weighted by Gasteiger charge is -2.34. The van der Waals surface area contributed by atoms with Gasteiger partial charge in [-0.25, -0.2) is 4.98 Å². The molecule has 1 aliphatic carbocycles. The maximum atomic E-state index is 6.39. The molecule has 0 radical (unpaired) electrons. The summed E-state index contributed by atoms with van der Waals surface area (Å²) in [6, 6.07) is 8.70. The predicted molar refractivity (Wildman–Crippen MR) is 119 cm³/mol. The van der Waals surface area contributed by atoms with E-state index in [9.17, 15) is 0 Å². The number of thiophene rings is 1. The normalized spacial score (nSPS) is 19.6.